The van der Waals surface area contributed by atoms with Crippen LogP contribution in [-0.4, -0.2) is 21.5 Å². The molecule has 0 spiro atoms. The first kappa shape index (κ1) is 21.2. The van der Waals surface area contributed by atoms with Gasteiger partial charge in [-0.15, -0.1) is 0 Å². The first-order valence-electron chi connectivity index (χ1n) is 9.54. The maximum Gasteiger partial charge on any atom is 0.272 e. The molecule has 8 heteroatoms. The molecule has 2 aromatic carbocycles. The highest BCUT2D eigenvalue weighted by molar-refractivity contribution is 7.22. The van der Waals surface area contributed by atoms with Crippen LogP contribution in [0.3, 0.4) is 0 Å². The molecule has 158 valence electrons. The Bertz CT molecular complexity index is 1210. The van der Waals surface area contributed by atoms with E-state index < -0.39 is 11.4 Å². The summed E-state index contributed by atoms with van der Waals surface area (Å²) < 4.78 is 20.9. The number of aromatic nitrogens is 2. The molecule has 0 fully saturated rings. The predicted molar refractivity (Wildman–Crippen MR) is 121 cm³/mol. The van der Waals surface area contributed by atoms with Crippen molar-refractivity contribution < 1.29 is 13.9 Å². The van der Waals surface area contributed by atoms with Crippen LogP contribution in [-0.2, 0) is 11.3 Å². The van der Waals surface area contributed by atoms with Gasteiger partial charge in [0.15, 0.2) is 10.7 Å². The number of fused-ring (bicyclic) bond motifs is 1. The average molecular weight is 456 g/mol. The molecule has 0 aliphatic rings. The van der Waals surface area contributed by atoms with Gasteiger partial charge in [-0.1, -0.05) is 35.1 Å². The van der Waals surface area contributed by atoms with E-state index in [9.17, 15) is 9.18 Å². The number of nitrogens with zero attached hydrogens (tertiary/aromatic N) is 3. The van der Waals surface area contributed by atoms with Crippen LogP contribution in [0, 0.1) is 5.82 Å². The third-order valence-electron chi connectivity index (χ3n) is 4.60. The standard InChI is InChI=1S/C23H19ClFN3O2S/c1-23(2,30-17-10-8-16(24)9-11-17)21(29)28(14-15-5-4-12-26-13-15)22-27-20-18(25)6-3-7-19(20)31-22/h3-13H,14H2,1-2H3. The van der Waals surface area contributed by atoms with Gasteiger partial charge in [0.1, 0.15) is 17.1 Å². The van der Waals surface area contributed by atoms with E-state index in [0.717, 1.165) is 5.56 Å². The minimum absolute atomic E-state index is 0.224. The minimum atomic E-state index is -1.22. The summed E-state index contributed by atoms with van der Waals surface area (Å²) in [7, 11) is 0. The Balaban J connectivity index is 1.70. The van der Waals surface area contributed by atoms with Crippen molar-refractivity contribution in [3.8, 4) is 5.75 Å². The summed E-state index contributed by atoms with van der Waals surface area (Å²) in [6, 6.07) is 15.2. The highest BCUT2D eigenvalue weighted by Gasteiger charge is 2.36. The first-order valence-corrected chi connectivity index (χ1v) is 10.7. The van der Waals surface area contributed by atoms with Crippen LogP contribution in [0.4, 0.5) is 9.52 Å². The number of carbonyl (C=O) groups excluding carboxylic acids is 1. The Morgan fingerprint density at radius 3 is 2.61 bits per heavy atom. The Kier molecular flexibility index (Phi) is 5.89. The lowest BCUT2D eigenvalue weighted by molar-refractivity contribution is -0.131. The van der Waals surface area contributed by atoms with Crippen molar-refractivity contribution >= 4 is 44.2 Å². The van der Waals surface area contributed by atoms with E-state index in [4.69, 9.17) is 16.3 Å². The smallest absolute Gasteiger partial charge is 0.272 e. The summed E-state index contributed by atoms with van der Waals surface area (Å²) in [6.07, 6.45) is 3.34. The number of anilines is 1. The van der Waals surface area contributed by atoms with Crippen molar-refractivity contribution in [3.63, 3.8) is 0 Å². The number of carbonyl (C=O) groups is 1. The lowest BCUT2D eigenvalue weighted by atomic mass is 10.1. The zero-order chi connectivity index (χ0) is 22.0. The van der Waals surface area contributed by atoms with Crippen molar-refractivity contribution in [3.05, 3.63) is 83.4 Å². The molecule has 0 bridgehead atoms. The number of benzene rings is 2. The zero-order valence-corrected chi connectivity index (χ0v) is 18.5. The van der Waals surface area contributed by atoms with E-state index in [-0.39, 0.29) is 18.0 Å². The molecule has 0 saturated carbocycles. The molecule has 4 aromatic rings. The monoisotopic (exact) mass is 455 g/mol. The van der Waals surface area contributed by atoms with E-state index in [2.05, 4.69) is 9.97 Å². The van der Waals surface area contributed by atoms with E-state index in [0.29, 0.717) is 20.6 Å². The van der Waals surface area contributed by atoms with Crippen LogP contribution in [0.1, 0.15) is 19.4 Å². The van der Waals surface area contributed by atoms with Gasteiger partial charge in [-0.3, -0.25) is 14.7 Å². The number of amides is 1. The van der Waals surface area contributed by atoms with E-state index in [1.54, 1.807) is 68.7 Å². The fourth-order valence-corrected chi connectivity index (χ4v) is 4.19. The summed E-state index contributed by atoms with van der Waals surface area (Å²) in [4.78, 5) is 23.7. The summed E-state index contributed by atoms with van der Waals surface area (Å²) in [5, 5.41) is 0.966. The Morgan fingerprint density at radius 1 is 1.16 bits per heavy atom. The zero-order valence-electron chi connectivity index (χ0n) is 16.9. The molecule has 4 rings (SSSR count). The molecule has 0 radical (unpaired) electrons. The molecule has 2 aromatic heterocycles. The molecule has 0 aliphatic carbocycles. The minimum Gasteiger partial charge on any atom is -0.478 e. The number of para-hydroxylation sites is 1. The van der Waals surface area contributed by atoms with Crippen molar-refractivity contribution in [1.29, 1.82) is 0 Å². The summed E-state index contributed by atoms with van der Waals surface area (Å²) >= 11 is 7.20. The lowest BCUT2D eigenvalue weighted by Gasteiger charge is -2.31. The second-order valence-electron chi connectivity index (χ2n) is 7.40. The molecule has 31 heavy (non-hydrogen) atoms. The topological polar surface area (TPSA) is 55.3 Å². The van der Waals surface area contributed by atoms with Gasteiger partial charge in [0, 0.05) is 17.4 Å². The quantitative estimate of drug-likeness (QED) is 0.364. The van der Waals surface area contributed by atoms with Gasteiger partial charge in [0.2, 0.25) is 0 Å². The fourth-order valence-electron chi connectivity index (χ4n) is 3.09. The summed E-state index contributed by atoms with van der Waals surface area (Å²) in [6.45, 7) is 3.60. The second kappa shape index (κ2) is 8.61. The molecular formula is C23H19ClFN3O2S. The molecule has 1 amide bonds. The number of pyridine rings is 1. The molecule has 2 heterocycles. The Labute approximate surface area is 188 Å². The molecular weight excluding hydrogens is 437 g/mol. The SMILES string of the molecule is CC(C)(Oc1ccc(Cl)cc1)C(=O)N(Cc1cccnc1)c1nc2c(F)cccc2s1. The van der Waals surface area contributed by atoms with E-state index in [1.807, 2.05) is 6.07 Å². The highest BCUT2D eigenvalue weighted by atomic mass is 35.5. The van der Waals surface area contributed by atoms with Crippen molar-refractivity contribution in [1.82, 2.24) is 9.97 Å². The fraction of sp³-hybridized carbons (Fsp3) is 0.174. The number of hydrogen-bond donors (Lipinski definition) is 0. The normalized spacial score (nSPS) is 11.5. The van der Waals surface area contributed by atoms with Crippen LogP contribution in [0.5, 0.6) is 5.75 Å². The van der Waals surface area contributed by atoms with Crippen LogP contribution < -0.4 is 9.64 Å². The van der Waals surface area contributed by atoms with Crippen LogP contribution in [0.25, 0.3) is 10.2 Å². The number of thiazole rings is 1. The van der Waals surface area contributed by atoms with Crippen molar-refractivity contribution in [2.75, 3.05) is 4.90 Å². The highest BCUT2D eigenvalue weighted by Crippen LogP contribution is 2.33. The summed E-state index contributed by atoms with van der Waals surface area (Å²) in [5.41, 5.74) is -0.160. The Hall–Kier alpha value is -3.03. The van der Waals surface area contributed by atoms with Crippen LogP contribution in [0.15, 0.2) is 67.0 Å². The molecule has 0 aliphatic heterocycles. The van der Waals surface area contributed by atoms with Crippen LogP contribution in [0.2, 0.25) is 5.02 Å². The number of rotatable bonds is 6. The first-order chi connectivity index (χ1) is 14.8. The van der Waals surface area contributed by atoms with Gasteiger partial charge in [-0.25, -0.2) is 9.37 Å². The second-order valence-corrected chi connectivity index (χ2v) is 8.85. The molecule has 0 N–H and O–H groups in total. The Morgan fingerprint density at radius 2 is 1.94 bits per heavy atom. The predicted octanol–water partition coefficient (Wildman–Crippen LogP) is 5.87. The lowest BCUT2D eigenvalue weighted by Crippen LogP contribution is -2.48. The van der Waals surface area contributed by atoms with E-state index >= 15 is 0 Å². The maximum atomic E-state index is 14.2. The molecule has 0 unspecified atom stereocenters. The van der Waals surface area contributed by atoms with Crippen LogP contribution >= 0.6 is 22.9 Å². The number of halogens is 2. The van der Waals surface area contributed by atoms with Gasteiger partial charge >= 0.3 is 0 Å². The van der Waals surface area contributed by atoms with Gasteiger partial charge in [0.05, 0.1) is 11.2 Å². The van der Waals surface area contributed by atoms with Gasteiger partial charge in [-0.05, 0) is 61.9 Å². The van der Waals surface area contributed by atoms with E-state index in [1.165, 1.54) is 22.3 Å². The van der Waals surface area contributed by atoms with Crippen molar-refractivity contribution in [2.24, 2.45) is 0 Å². The maximum absolute atomic E-state index is 14.2. The van der Waals surface area contributed by atoms with Gasteiger partial charge in [0.25, 0.3) is 5.91 Å². The number of hydrogen-bond acceptors (Lipinski definition) is 5. The largest absolute Gasteiger partial charge is 0.478 e. The van der Waals surface area contributed by atoms with Gasteiger partial charge in [-0.2, -0.15) is 0 Å². The summed E-state index contributed by atoms with van der Waals surface area (Å²) in [5.74, 6) is -0.226. The molecule has 5 nitrogen and oxygen atoms in total. The van der Waals surface area contributed by atoms with Crippen molar-refractivity contribution in [2.45, 2.75) is 26.0 Å². The number of ether oxygens (including phenoxy) is 1. The molecule has 0 saturated heterocycles. The molecule has 0 atom stereocenters. The third kappa shape index (κ3) is 4.68. The third-order valence-corrected chi connectivity index (χ3v) is 5.90. The average Bonchev–Trinajstić information content (AvgIpc) is 3.19. The van der Waals surface area contributed by atoms with Gasteiger partial charge < -0.3 is 4.74 Å².